The number of halogens is 1. The maximum Gasteiger partial charge on any atom is 0.255 e. The van der Waals surface area contributed by atoms with Crippen molar-refractivity contribution in [2.45, 2.75) is 38.1 Å². The van der Waals surface area contributed by atoms with E-state index in [0.717, 1.165) is 18.4 Å². The summed E-state index contributed by atoms with van der Waals surface area (Å²) >= 11 is 0. The van der Waals surface area contributed by atoms with Gasteiger partial charge in [0.15, 0.2) is 0 Å². The summed E-state index contributed by atoms with van der Waals surface area (Å²) < 4.78 is 13.0. The number of aromatic amines is 1. The molecule has 2 aromatic rings. The van der Waals surface area contributed by atoms with E-state index in [1.54, 1.807) is 12.1 Å². The van der Waals surface area contributed by atoms with Crippen molar-refractivity contribution in [1.29, 1.82) is 0 Å². The molecule has 0 aliphatic heterocycles. The average molecular weight is 287 g/mol. The molecule has 1 aliphatic rings. The predicted molar refractivity (Wildman–Crippen MR) is 78.3 cm³/mol. The number of rotatable bonds is 3. The molecule has 3 rings (SSSR count). The third-order valence-corrected chi connectivity index (χ3v) is 3.96. The largest absolute Gasteiger partial charge is 0.349 e. The zero-order valence-electron chi connectivity index (χ0n) is 11.7. The third kappa shape index (κ3) is 3.12. The van der Waals surface area contributed by atoms with Gasteiger partial charge in [-0.3, -0.25) is 9.89 Å². The molecule has 1 aromatic carbocycles. The molecule has 4 nitrogen and oxygen atoms in total. The minimum Gasteiger partial charge on any atom is -0.349 e. The third-order valence-electron chi connectivity index (χ3n) is 3.96. The Bertz CT molecular complexity index is 615. The van der Waals surface area contributed by atoms with Gasteiger partial charge in [0, 0.05) is 11.6 Å². The van der Waals surface area contributed by atoms with E-state index in [2.05, 4.69) is 15.5 Å². The van der Waals surface area contributed by atoms with Crippen molar-refractivity contribution < 1.29 is 9.18 Å². The van der Waals surface area contributed by atoms with Crippen LogP contribution in [0.2, 0.25) is 0 Å². The number of carbonyl (C=O) groups excluding carboxylic acids is 1. The maximum atomic E-state index is 13.0. The SMILES string of the molecule is O=C(NC1CCCCC1)c1cn[nH]c1-c1ccc(F)cc1. The highest BCUT2D eigenvalue weighted by Crippen LogP contribution is 2.23. The Kier molecular flexibility index (Phi) is 3.99. The summed E-state index contributed by atoms with van der Waals surface area (Å²) in [5.41, 5.74) is 1.89. The molecular formula is C16H18FN3O. The van der Waals surface area contributed by atoms with Crippen molar-refractivity contribution in [2.24, 2.45) is 0 Å². The Morgan fingerprint density at radius 2 is 1.90 bits per heavy atom. The number of hydrogen-bond acceptors (Lipinski definition) is 2. The zero-order chi connectivity index (χ0) is 14.7. The standard InChI is InChI=1S/C16H18FN3O/c17-12-8-6-11(7-9-12)15-14(10-18-20-15)16(21)19-13-4-2-1-3-5-13/h6-10,13H,1-5H2,(H,18,20)(H,19,21). The number of H-pyrrole nitrogens is 1. The van der Waals surface area contributed by atoms with Crippen LogP contribution in [0.15, 0.2) is 30.5 Å². The first kappa shape index (κ1) is 13.8. The molecule has 5 heteroatoms. The molecule has 21 heavy (non-hydrogen) atoms. The monoisotopic (exact) mass is 287 g/mol. The number of amides is 1. The molecular weight excluding hydrogens is 269 g/mol. The number of benzene rings is 1. The van der Waals surface area contributed by atoms with Gasteiger partial charge in [-0.2, -0.15) is 5.10 Å². The van der Waals surface area contributed by atoms with E-state index in [1.807, 2.05) is 0 Å². The van der Waals surface area contributed by atoms with E-state index in [0.29, 0.717) is 11.3 Å². The van der Waals surface area contributed by atoms with Crippen LogP contribution < -0.4 is 5.32 Å². The van der Waals surface area contributed by atoms with Crippen LogP contribution >= 0.6 is 0 Å². The van der Waals surface area contributed by atoms with Crippen LogP contribution in [0.1, 0.15) is 42.5 Å². The fourth-order valence-electron chi connectivity index (χ4n) is 2.80. The van der Waals surface area contributed by atoms with Gasteiger partial charge in [-0.05, 0) is 37.1 Å². The summed E-state index contributed by atoms with van der Waals surface area (Å²) in [5.74, 6) is -0.415. The highest BCUT2D eigenvalue weighted by atomic mass is 19.1. The van der Waals surface area contributed by atoms with Gasteiger partial charge >= 0.3 is 0 Å². The number of carbonyl (C=O) groups is 1. The minimum absolute atomic E-state index is 0.116. The van der Waals surface area contributed by atoms with E-state index >= 15 is 0 Å². The van der Waals surface area contributed by atoms with Gasteiger partial charge in [0.25, 0.3) is 5.91 Å². The van der Waals surface area contributed by atoms with Crippen LogP contribution in [0.4, 0.5) is 4.39 Å². The molecule has 1 amide bonds. The lowest BCUT2D eigenvalue weighted by Gasteiger charge is -2.22. The fraction of sp³-hybridized carbons (Fsp3) is 0.375. The molecule has 2 N–H and O–H groups in total. The lowest BCUT2D eigenvalue weighted by molar-refractivity contribution is 0.0928. The van der Waals surface area contributed by atoms with Gasteiger partial charge in [-0.25, -0.2) is 4.39 Å². The molecule has 1 saturated carbocycles. The predicted octanol–water partition coefficient (Wildman–Crippen LogP) is 3.28. The molecule has 1 aliphatic carbocycles. The summed E-state index contributed by atoms with van der Waals surface area (Å²) in [6.07, 6.45) is 7.18. The highest BCUT2D eigenvalue weighted by Gasteiger charge is 2.20. The van der Waals surface area contributed by atoms with Gasteiger partial charge in [0.1, 0.15) is 5.82 Å². The zero-order valence-corrected chi connectivity index (χ0v) is 11.7. The first-order valence-corrected chi connectivity index (χ1v) is 7.34. The Labute approximate surface area is 122 Å². The first-order valence-electron chi connectivity index (χ1n) is 7.34. The second-order valence-corrected chi connectivity index (χ2v) is 5.47. The highest BCUT2D eigenvalue weighted by molar-refractivity contribution is 5.99. The van der Waals surface area contributed by atoms with Crippen LogP contribution in [0.25, 0.3) is 11.3 Å². The molecule has 0 radical (unpaired) electrons. The molecule has 1 heterocycles. The molecule has 0 saturated heterocycles. The topological polar surface area (TPSA) is 57.8 Å². The lowest BCUT2D eigenvalue weighted by Crippen LogP contribution is -2.36. The first-order chi connectivity index (χ1) is 10.2. The average Bonchev–Trinajstić information content (AvgIpc) is 2.98. The molecule has 110 valence electrons. The van der Waals surface area contributed by atoms with Crippen molar-refractivity contribution in [1.82, 2.24) is 15.5 Å². The van der Waals surface area contributed by atoms with Gasteiger partial charge in [0.2, 0.25) is 0 Å². The van der Waals surface area contributed by atoms with Gasteiger partial charge in [-0.1, -0.05) is 19.3 Å². The van der Waals surface area contributed by atoms with Crippen LogP contribution in [0.5, 0.6) is 0 Å². The van der Waals surface area contributed by atoms with Crippen LogP contribution in [-0.2, 0) is 0 Å². The van der Waals surface area contributed by atoms with Crippen molar-refractivity contribution in [3.8, 4) is 11.3 Å². The van der Waals surface area contributed by atoms with E-state index in [1.165, 1.54) is 37.6 Å². The molecule has 0 spiro atoms. The normalized spacial score (nSPS) is 15.9. The summed E-state index contributed by atoms with van der Waals surface area (Å²) in [5, 5.41) is 9.85. The molecule has 0 unspecified atom stereocenters. The van der Waals surface area contributed by atoms with E-state index < -0.39 is 0 Å². The second kappa shape index (κ2) is 6.08. The Balaban J connectivity index is 1.78. The van der Waals surface area contributed by atoms with Gasteiger partial charge < -0.3 is 5.32 Å². The van der Waals surface area contributed by atoms with Gasteiger partial charge in [-0.15, -0.1) is 0 Å². The number of nitrogens with one attached hydrogen (secondary N) is 2. The quantitative estimate of drug-likeness (QED) is 0.910. The molecule has 0 bridgehead atoms. The van der Waals surface area contributed by atoms with Crippen molar-refractivity contribution in [3.05, 3.63) is 41.8 Å². The fourth-order valence-corrected chi connectivity index (χ4v) is 2.80. The van der Waals surface area contributed by atoms with Crippen LogP contribution in [0, 0.1) is 5.82 Å². The van der Waals surface area contributed by atoms with Gasteiger partial charge in [0.05, 0.1) is 17.5 Å². The maximum absolute atomic E-state index is 13.0. The summed E-state index contributed by atoms with van der Waals surface area (Å²) in [4.78, 5) is 12.4. The van der Waals surface area contributed by atoms with Crippen LogP contribution in [-0.4, -0.2) is 22.1 Å². The smallest absolute Gasteiger partial charge is 0.255 e. The second-order valence-electron chi connectivity index (χ2n) is 5.47. The van der Waals surface area contributed by atoms with Crippen molar-refractivity contribution >= 4 is 5.91 Å². The molecule has 1 fully saturated rings. The Morgan fingerprint density at radius 1 is 1.19 bits per heavy atom. The number of nitrogens with zero attached hydrogens (tertiary/aromatic N) is 1. The summed E-state index contributed by atoms with van der Waals surface area (Å²) in [6.45, 7) is 0. The number of hydrogen-bond donors (Lipinski definition) is 2. The Hall–Kier alpha value is -2.17. The Morgan fingerprint density at radius 3 is 2.62 bits per heavy atom. The van der Waals surface area contributed by atoms with E-state index in [4.69, 9.17) is 0 Å². The van der Waals surface area contributed by atoms with Crippen LogP contribution in [0.3, 0.4) is 0 Å². The summed E-state index contributed by atoms with van der Waals surface area (Å²) in [7, 11) is 0. The summed E-state index contributed by atoms with van der Waals surface area (Å²) in [6, 6.07) is 6.28. The minimum atomic E-state index is -0.300. The van der Waals surface area contributed by atoms with Crippen molar-refractivity contribution in [3.63, 3.8) is 0 Å². The number of aromatic nitrogens is 2. The van der Waals surface area contributed by atoms with E-state index in [9.17, 15) is 9.18 Å². The molecule has 0 atom stereocenters. The van der Waals surface area contributed by atoms with Crippen molar-refractivity contribution in [2.75, 3.05) is 0 Å². The van der Waals surface area contributed by atoms with E-state index in [-0.39, 0.29) is 17.8 Å². The lowest BCUT2D eigenvalue weighted by atomic mass is 9.95. The molecule has 1 aromatic heterocycles.